The molecule has 1 aliphatic rings. The molecule has 1 aliphatic carbocycles. The molecule has 1 amide bonds. The van der Waals surface area contributed by atoms with Crippen LogP contribution in [0.15, 0.2) is 6.20 Å². The first-order valence-corrected chi connectivity index (χ1v) is 7.37. The summed E-state index contributed by atoms with van der Waals surface area (Å²) in [5.74, 6) is 0.809. The number of anilines is 1. The second-order valence-electron chi connectivity index (χ2n) is 5.43. The topological polar surface area (TPSA) is 42.0 Å². The number of nitrogens with one attached hydrogen (secondary N) is 1. The zero-order valence-electron chi connectivity index (χ0n) is 11.6. The molecule has 19 heavy (non-hydrogen) atoms. The highest BCUT2D eigenvalue weighted by Crippen LogP contribution is 2.29. The SMILES string of the molecule is Cc1ncc(NC(=O)CCC2CCCC2)c(C)c1Cl. The van der Waals surface area contributed by atoms with Crippen LogP contribution in [-0.2, 0) is 4.79 Å². The van der Waals surface area contributed by atoms with E-state index in [0.29, 0.717) is 11.4 Å². The second-order valence-corrected chi connectivity index (χ2v) is 5.81. The van der Waals surface area contributed by atoms with E-state index in [-0.39, 0.29) is 5.91 Å². The Morgan fingerprint density at radius 2 is 2.11 bits per heavy atom. The van der Waals surface area contributed by atoms with Crippen molar-refractivity contribution in [2.24, 2.45) is 5.92 Å². The fourth-order valence-electron chi connectivity index (χ4n) is 2.68. The van der Waals surface area contributed by atoms with Crippen molar-refractivity contribution < 1.29 is 4.79 Å². The van der Waals surface area contributed by atoms with Crippen molar-refractivity contribution in [3.05, 3.63) is 22.5 Å². The van der Waals surface area contributed by atoms with Gasteiger partial charge in [0, 0.05) is 6.42 Å². The van der Waals surface area contributed by atoms with E-state index < -0.39 is 0 Å². The number of hydrogen-bond donors (Lipinski definition) is 1. The third kappa shape index (κ3) is 3.69. The average molecular weight is 281 g/mol. The lowest BCUT2D eigenvalue weighted by Gasteiger charge is -2.12. The monoisotopic (exact) mass is 280 g/mol. The van der Waals surface area contributed by atoms with Crippen molar-refractivity contribution in [1.29, 1.82) is 0 Å². The van der Waals surface area contributed by atoms with Crippen molar-refractivity contribution in [1.82, 2.24) is 4.98 Å². The fourth-order valence-corrected chi connectivity index (χ4v) is 2.83. The van der Waals surface area contributed by atoms with Crippen LogP contribution in [0.4, 0.5) is 5.69 Å². The molecule has 0 aromatic carbocycles. The fraction of sp³-hybridized carbons (Fsp3) is 0.600. The lowest BCUT2D eigenvalue weighted by molar-refractivity contribution is -0.116. The molecule has 0 radical (unpaired) electrons. The van der Waals surface area contributed by atoms with Gasteiger partial charge in [0.1, 0.15) is 0 Å². The van der Waals surface area contributed by atoms with Crippen LogP contribution in [0.5, 0.6) is 0 Å². The van der Waals surface area contributed by atoms with Gasteiger partial charge in [-0.1, -0.05) is 37.3 Å². The summed E-state index contributed by atoms with van der Waals surface area (Å²) < 4.78 is 0. The lowest BCUT2D eigenvalue weighted by Crippen LogP contribution is -2.14. The molecule has 1 aromatic rings. The number of hydrogen-bond acceptors (Lipinski definition) is 2. The van der Waals surface area contributed by atoms with E-state index in [4.69, 9.17) is 11.6 Å². The molecule has 3 nitrogen and oxygen atoms in total. The molecular formula is C15H21ClN2O. The Kier molecular flexibility index (Phi) is 4.81. The van der Waals surface area contributed by atoms with Gasteiger partial charge in [-0.05, 0) is 31.7 Å². The molecule has 1 heterocycles. The van der Waals surface area contributed by atoms with E-state index in [1.54, 1.807) is 6.20 Å². The highest BCUT2D eigenvalue weighted by Gasteiger charge is 2.16. The molecule has 0 bridgehead atoms. The average Bonchev–Trinajstić information content (AvgIpc) is 2.90. The van der Waals surface area contributed by atoms with Crippen molar-refractivity contribution >= 4 is 23.2 Å². The van der Waals surface area contributed by atoms with Gasteiger partial charge in [0.25, 0.3) is 0 Å². The number of carbonyl (C=O) groups is 1. The van der Waals surface area contributed by atoms with Crippen molar-refractivity contribution in [2.45, 2.75) is 52.4 Å². The summed E-state index contributed by atoms with van der Waals surface area (Å²) in [5, 5.41) is 3.55. The third-order valence-electron chi connectivity index (χ3n) is 3.97. The van der Waals surface area contributed by atoms with Gasteiger partial charge in [-0.25, -0.2) is 0 Å². The summed E-state index contributed by atoms with van der Waals surface area (Å²) in [6.07, 6.45) is 8.48. The molecule has 0 unspecified atom stereocenters. The molecule has 0 aliphatic heterocycles. The van der Waals surface area contributed by atoms with Crippen molar-refractivity contribution in [3.8, 4) is 0 Å². The van der Waals surface area contributed by atoms with Crippen molar-refractivity contribution in [2.75, 3.05) is 5.32 Å². The predicted octanol–water partition coefficient (Wildman–Crippen LogP) is 4.26. The molecular weight excluding hydrogens is 260 g/mol. The summed E-state index contributed by atoms with van der Waals surface area (Å²) in [7, 11) is 0. The minimum atomic E-state index is 0.0664. The molecule has 0 spiro atoms. The highest BCUT2D eigenvalue weighted by molar-refractivity contribution is 6.32. The molecule has 0 saturated heterocycles. The smallest absolute Gasteiger partial charge is 0.224 e. The number of rotatable bonds is 4. The summed E-state index contributed by atoms with van der Waals surface area (Å²) in [6.45, 7) is 3.77. The maximum Gasteiger partial charge on any atom is 0.224 e. The maximum atomic E-state index is 11.9. The van der Waals surface area contributed by atoms with Gasteiger partial charge in [-0.15, -0.1) is 0 Å². The minimum absolute atomic E-state index is 0.0664. The molecule has 1 aromatic heterocycles. The Labute approximate surface area is 119 Å². The van der Waals surface area contributed by atoms with Gasteiger partial charge in [0.2, 0.25) is 5.91 Å². The van der Waals surface area contributed by atoms with E-state index >= 15 is 0 Å². The largest absolute Gasteiger partial charge is 0.324 e. The van der Waals surface area contributed by atoms with E-state index in [1.807, 2.05) is 13.8 Å². The summed E-state index contributed by atoms with van der Waals surface area (Å²) in [5.41, 5.74) is 2.42. The highest BCUT2D eigenvalue weighted by atomic mass is 35.5. The van der Waals surface area contributed by atoms with Crippen LogP contribution in [0.3, 0.4) is 0 Å². The van der Waals surface area contributed by atoms with Gasteiger partial charge in [-0.3, -0.25) is 9.78 Å². The zero-order valence-corrected chi connectivity index (χ0v) is 12.4. The number of aromatic nitrogens is 1. The van der Waals surface area contributed by atoms with Crippen molar-refractivity contribution in [3.63, 3.8) is 0 Å². The van der Waals surface area contributed by atoms with E-state index in [2.05, 4.69) is 10.3 Å². The van der Waals surface area contributed by atoms with Crippen LogP contribution in [0.1, 0.15) is 49.8 Å². The predicted molar refractivity (Wildman–Crippen MR) is 78.5 cm³/mol. The standard InChI is InChI=1S/C15H21ClN2O/c1-10-13(9-17-11(2)15(10)16)18-14(19)8-7-12-5-3-4-6-12/h9,12H,3-8H2,1-2H3,(H,18,19). The second kappa shape index (κ2) is 6.38. The Hall–Kier alpha value is -1.09. The first-order valence-electron chi connectivity index (χ1n) is 6.99. The minimum Gasteiger partial charge on any atom is -0.324 e. The molecule has 1 fully saturated rings. The van der Waals surface area contributed by atoms with Crippen LogP contribution < -0.4 is 5.32 Å². The number of amides is 1. The van der Waals surface area contributed by atoms with Crippen LogP contribution in [0, 0.1) is 19.8 Å². The van der Waals surface area contributed by atoms with Gasteiger partial charge in [-0.2, -0.15) is 0 Å². The lowest BCUT2D eigenvalue weighted by atomic mass is 10.0. The molecule has 1 saturated carbocycles. The van der Waals surface area contributed by atoms with Gasteiger partial charge < -0.3 is 5.32 Å². The van der Waals surface area contributed by atoms with E-state index in [1.165, 1.54) is 25.7 Å². The van der Waals surface area contributed by atoms with Crippen LogP contribution >= 0.6 is 11.6 Å². The first-order chi connectivity index (χ1) is 9.08. The molecule has 2 rings (SSSR count). The van der Waals surface area contributed by atoms with E-state index in [9.17, 15) is 4.79 Å². The Morgan fingerprint density at radius 1 is 1.42 bits per heavy atom. The van der Waals surface area contributed by atoms with Crippen LogP contribution in [0.2, 0.25) is 5.02 Å². The Bertz CT molecular complexity index is 467. The quantitative estimate of drug-likeness (QED) is 0.895. The Balaban J connectivity index is 1.89. The number of aryl methyl sites for hydroxylation is 1. The number of halogens is 1. The van der Waals surface area contributed by atoms with Gasteiger partial charge in [0.05, 0.1) is 22.6 Å². The summed E-state index contributed by atoms with van der Waals surface area (Å²) in [4.78, 5) is 16.1. The Morgan fingerprint density at radius 3 is 2.79 bits per heavy atom. The third-order valence-corrected chi connectivity index (χ3v) is 4.52. The summed E-state index contributed by atoms with van der Waals surface area (Å²) >= 11 is 6.13. The van der Waals surface area contributed by atoms with Gasteiger partial charge >= 0.3 is 0 Å². The van der Waals surface area contributed by atoms with Crippen LogP contribution in [-0.4, -0.2) is 10.9 Å². The van der Waals surface area contributed by atoms with Gasteiger partial charge in [0.15, 0.2) is 0 Å². The number of pyridine rings is 1. The number of carbonyl (C=O) groups excluding carboxylic acids is 1. The first kappa shape index (κ1) is 14.3. The maximum absolute atomic E-state index is 11.9. The molecule has 4 heteroatoms. The van der Waals surface area contributed by atoms with E-state index in [0.717, 1.165) is 29.3 Å². The molecule has 104 valence electrons. The van der Waals surface area contributed by atoms with Crippen LogP contribution in [0.25, 0.3) is 0 Å². The number of nitrogens with zero attached hydrogens (tertiary/aromatic N) is 1. The summed E-state index contributed by atoms with van der Waals surface area (Å²) in [6, 6.07) is 0. The zero-order chi connectivity index (χ0) is 13.8. The molecule has 1 N–H and O–H groups in total. The molecule has 0 atom stereocenters. The normalized spacial score (nSPS) is 15.7.